The molecule has 94 valence electrons. The average Bonchev–Trinajstić information content (AvgIpc) is 2.36. The van der Waals surface area contributed by atoms with Crippen LogP contribution in [0, 0.1) is 0 Å². The number of benzene rings is 1. The highest BCUT2D eigenvalue weighted by Crippen LogP contribution is 2.12. The summed E-state index contributed by atoms with van der Waals surface area (Å²) in [5.41, 5.74) is 5.68. The van der Waals surface area contributed by atoms with Crippen LogP contribution in [0.4, 0.5) is 0 Å². The van der Waals surface area contributed by atoms with Crippen molar-refractivity contribution in [2.45, 2.75) is 11.8 Å². The summed E-state index contributed by atoms with van der Waals surface area (Å²) in [4.78, 5) is 11.7. The van der Waals surface area contributed by atoms with E-state index in [-0.39, 0.29) is 16.6 Å². The Morgan fingerprint density at radius 2 is 1.88 bits per heavy atom. The summed E-state index contributed by atoms with van der Waals surface area (Å²) in [7, 11) is -3.21. The van der Waals surface area contributed by atoms with Crippen LogP contribution >= 0.6 is 0 Å². The average molecular weight is 256 g/mol. The predicted octanol–water partition coefficient (Wildman–Crippen LogP) is 0.169. The molecule has 0 spiro atoms. The lowest BCUT2D eigenvalue weighted by molar-refractivity contribution is 0.0954. The van der Waals surface area contributed by atoms with Crippen LogP contribution in [0.25, 0.3) is 0 Å². The second-order valence-electron chi connectivity index (χ2n) is 3.47. The molecule has 0 saturated heterocycles. The van der Waals surface area contributed by atoms with Gasteiger partial charge in [0.2, 0.25) is 0 Å². The highest BCUT2D eigenvalue weighted by atomic mass is 32.2. The van der Waals surface area contributed by atoms with Crippen LogP contribution in [-0.4, -0.2) is 33.2 Å². The smallest absolute Gasteiger partial charge is 0.251 e. The Labute approximate surface area is 101 Å². The van der Waals surface area contributed by atoms with E-state index in [1.54, 1.807) is 6.92 Å². The zero-order valence-corrected chi connectivity index (χ0v) is 10.5. The van der Waals surface area contributed by atoms with Gasteiger partial charge in [-0.05, 0) is 24.3 Å². The first-order valence-electron chi connectivity index (χ1n) is 5.32. The SMILES string of the molecule is CCS(=O)(=O)c1ccc(C(=O)NCCN)cc1. The maximum Gasteiger partial charge on any atom is 0.251 e. The van der Waals surface area contributed by atoms with E-state index in [2.05, 4.69) is 5.32 Å². The fraction of sp³-hybridized carbons (Fsp3) is 0.364. The van der Waals surface area contributed by atoms with Crippen molar-refractivity contribution in [3.63, 3.8) is 0 Å². The number of hydrogen-bond acceptors (Lipinski definition) is 4. The number of hydrogen-bond donors (Lipinski definition) is 2. The molecule has 0 bridgehead atoms. The van der Waals surface area contributed by atoms with E-state index in [1.165, 1.54) is 24.3 Å². The first kappa shape index (κ1) is 13.7. The number of nitrogens with two attached hydrogens (primary N) is 1. The molecule has 0 aliphatic rings. The monoisotopic (exact) mass is 256 g/mol. The second-order valence-corrected chi connectivity index (χ2v) is 5.75. The van der Waals surface area contributed by atoms with E-state index in [1.807, 2.05) is 0 Å². The predicted molar refractivity (Wildman–Crippen MR) is 65.6 cm³/mol. The van der Waals surface area contributed by atoms with Crippen molar-refractivity contribution >= 4 is 15.7 Å². The third kappa shape index (κ3) is 3.54. The summed E-state index contributed by atoms with van der Waals surface area (Å²) in [5.74, 6) is -0.206. The van der Waals surface area contributed by atoms with Crippen LogP contribution in [0.2, 0.25) is 0 Å². The first-order chi connectivity index (χ1) is 8.01. The van der Waals surface area contributed by atoms with Crippen molar-refractivity contribution in [3.8, 4) is 0 Å². The summed E-state index contributed by atoms with van der Waals surface area (Å²) < 4.78 is 23.1. The molecule has 0 atom stereocenters. The maximum atomic E-state index is 11.5. The zero-order valence-electron chi connectivity index (χ0n) is 9.64. The van der Waals surface area contributed by atoms with Crippen LogP contribution < -0.4 is 11.1 Å². The topological polar surface area (TPSA) is 89.3 Å². The Bertz CT molecular complexity index is 480. The standard InChI is InChI=1S/C11H16N2O3S/c1-2-17(15,16)10-5-3-9(4-6-10)11(14)13-8-7-12/h3-6H,2,7-8,12H2,1H3,(H,13,14). The molecule has 1 amide bonds. The lowest BCUT2D eigenvalue weighted by Crippen LogP contribution is -2.28. The molecule has 3 N–H and O–H groups in total. The summed E-state index contributed by atoms with van der Waals surface area (Å²) in [6, 6.07) is 5.87. The number of amides is 1. The molecule has 0 aliphatic heterocycles. The van der Waals surface area contributed by atoms with Crippen molar-refractivity contribution in [3.05, 3.63) is 29.8 Å². The highest BCUT2D eigenvalue weighted by Gasteiger charge is 2.12. The van der Waals surface area contributed by atoms with Gasteiger partial charge in [-0.1, -0.05) is 6.92 Å². The number of nitrogens with one attached hydrogen (secondary N) is 1. The largest absolute Gasteiger partial charge is 0.351 e. The van der Waals surface area contributed by atoms with Gasteiger partial charge in [0.15, 0.2) is 9.84 Å². The maximum absolute atomic E-state index is 11.5. The molecule has 0 aromatic heterocycles. The van der Waals surface area contributed by atoms with Crippen molar-refractivity contribution in [1.29, 1.82) is 0 Å². The Kier molecular flexibility index (Phi) is 4.65. The summed E-state index contributed by atoms with van der Waals surface area (Å²) in [6.45, 7) is 2.35. The van der Waals surface area contributed by atoms with Crippen LogP contribution in [0.5, 0.6) is 0 Å². The molecular weight excluding hydrogens is 240 g/mol. The minimum absolute atomic E-state index is 0.0473. The van der Waals surface area contributed by atoms with Gasteiger partial charge >= 0.3 is 0 Å². The minimum atomic E-state index is -3.21. The van der Waals surface area contributed by atoms with Gasteiger partial charge in [0, 0.05) is 18.7 Å². The number of carbonyl (C=O) groups excluding carboxylic acids is 1. The van der Waals surface area contributed by atoms with Gasteiger partial charge in [-0.3, -0.25) is 4.79 Å². The van der Waals surface area contributed by atoms with E-state index in [4.69, 9.17) is 5.73 Å². The number of sulfone groups is 1. The van der Waals surface area contributed by atoms with Gasteiger partial charge in [-0.2, -0.15) is 0 Å². The lowest BCUT2D eigenvalue weighted by Gasteiger charge is -2.05. The first-order valence-corrected chi connectivity index (χ1v) is 6.97. The molecule has 0 radical (unpaired) electrons. The van der Waals surface area contributed by atoms with Gasteiger partial charge < -0.3 is 11.1 Å². The Hall–Kier alpha value is -1.40. The molecule has 17 heavy (non-hydrogen) atoms. The molecule has 1 aromatic rings. The van der Waals surface area contributed by atoms with E-state index in [0.717, 1.165) is 0 Å². The van der Waals surface area contributed by atoms with Gasteiger partial charge in [-0.25, -0.2) is 8.42 Å². The van der Waals surface area contributed by atoms with E-state index >= 15 is 0 Å². The Morgan fingerprint density at radius 1 is 1.29 bits per heavy atom. The molecule has 0 saturated carbocycles. The summed E-state index contributed by atoms with van der Waals surface area (Å²) in [5, 5.41) is 2.61. The van der Waals surface area contributed by atoms with E-state index < -0.39 is 9.84 Å². The normalized spacial score (nSPS) is 11.2. The van der Waals surface area contributed by atoms with E-state index in [9.17, 15) is 13.2 Å². The van der Waals surface area contributed by atoms with Crippen molar-refractivity contribution < 1.29 is 13.2 Å². The molecule has 1 rings (SSSR count). The van der Waals surface area contributed by atoms with Gasteiger partial charge in [0.25, 0.3) is 5.91 Å². The van der Waals surface area contributed by atoms with Crippen LogP contribution in [0.15, 0.2) is 29.2 Å². The molecule has 0 fully saturated rings. The highest BCUT2D eigenvalue weighted by molar-refractivity contribution is 7.91. The van der Waals surface area contributed by atoms with Gasteiger partial charge in [0.1, 0.15) is 0 Å². The molecule has 0 aliphatic carbocycles. The van der Waals surface area contributed by atoms with Crippen molar-refractivity contribution in [1.82, 2.24) is 5.32 Å². The van der Waals surface area contributed by atoms with Crippen LogP contribution in [0.1, 0.15) is 17.3 Å². The van der Waals surface area contributed by atoms with Crippen molar-refractivity contribution in [2.24, 2.45) is 5.73 Å². The summed E-state index contributed by atoms with van der Waals surface area (Å²) >= 11 is 0. The van der Waals surface area contributed by atoms with Crippen molar-refractivity contribution in [2.75, 3.05) is 18.8 Å². The number of carbonyl (C=O) groups is 1. The fourth-order valence-corrected chi connectivity index (χ4v) is 2.15. The molecule has 1 aromatic carbocycles. The van der Waals surface area contributed by atoms with E-state index in [0.29, 0.717) is 18.7 Å². The minimum Gasteiger partial charge on any atom is -0.351 e. The lowest BCUT2D eigenvalue weighted by atomic mass is 10.2. The summed E-state index contributed by atoms with van der Waals surface area (Å²) in [6.07, 6.45) is 0. The molecule has 0 heterocycles. The van der Waals surface area contributed by atoms with Crippen LogP contribution in [-0.2, 0) is 9.84 Å². The fourth-order valence-electron chi connectivity index (χ4n) is 1.27. The van der Waals surface area contributed by atoms with Gasteiger partial charge in [-0.15, -0.1) is 0 Å². The molecule has 5 nitrogen and oxygen atoms in total. The molecule has 0 unspecified atom stereocenters. The van der Waals surface area contributed by atoms with Crippen LogP contribution in [0.3, 0.4) is 0 Å². The molecule has 6 heteroatoms. The Balaban J connectivity index is 2.85. The van der Waals surface area contributed by atoms with Gasteiger partial charge in [0.05, 0.1) is 10.6 Å². The molecular formula is C11H16N2O3S. The quantitative estimate of drug-likeness (QED) is 0.786. The zero-order chi connectivity index (χ0) is 12.9. The second kappa shape index (κ2) is 5.79. The number of rotatable bonds is 5. The third-order valence-electron chi connectivity index (χ3n) is 2.29. The third-order valence-corrected chi connectivity index (χ3v) is 4.04. The Morgan fingerprint density at radius 3 is 2.35 bits per heavy atom.